The summed E-state index contributed by atoms with van der Waals surface area (Å²) in [4.78, 5) is 9.87. The van der Waals surface area contributed by atoms with Gasteiger partial charge in [0.2, 0.25) is 0 Å². The Labute approximate surface area is 110 Å². The molecule has 0 spiro atoms. The molecule has 17 heavy (non-hydrogen) atoms. The van der Waals surface area contributed by atoms with Crippen LogP contribution in [0.3, 0.4) is 0 Å². The Bertz CT molecular complexity index is 481. The van der Waals surface area contributed by atoms with Gasteiger partial charge < -0.3 is 5.32 Å². The van der Waals surface area contributed by atoms with E-state index in [0.29, 0.717) is 0 Å². The van der Waals surface area contributed by atoms with Gasteiger partial charge in [-0.3, -0.25) is 9.97 Å². The number of nitrogens with one attached hydrogen (secondary N) is 1. The molecule has 2 rings (SSSR count). The largest absolute Gasteiger partial charge is 0.305 e. The van der Waals surface area contributed by atoms with Crippen molar-refractivity contribution in [3.05, 3.63) is 45.1 Å². The molecule has 3 nitrogen and oxygen atoms in total. The van der Waals surface area contributed by atoms with Crippen molar-refractivity contribution in [2.75, 3.05) is 6.54 Å². The lowest BCUT2D eigenvalue weighted by molar-refractivity contribution is 0.620. The summed E-state index contributed by atoms with van der Waals surface area (Å²) in [5.41, 5.74) is 1.85. The Morgan fingerprint density at radius 1 is 1.35 bits per heavy atom. The van der Waals surface area contributed by atoms with Crippen molar-refractivity contribution in [1.82, 2.24) is 15.3 Å². The molecule has 0 aliphatic carbocycles. The van der Waals surface area contributed by atoms with Crippen LogP contribution in [0.2, 0.25) is 4.34 Å². The first-order valence-electron chi connectivity index (χ1n) is 5.48. The minimum atomic E-state index is 0.0746. The Hall–Kier alpha value is -0.970. The van der Waals surface area contributed by atoms with Crippen molar-refractivity contribution in [3.8, 4) is 0 Å². The molecule has 0 aromatic carbocycles. The summed E-state index contributed by atoms with van der Waals surface area (Å²) in [6.45, 7) is 4.88. The standard InChI is InChI=1S/C12H14ClN3S/c1-3-14-12(10-4-5-11(13)17-10)9-7-15-8(2)6-16-9/h4-7,12,14H,3H2,1-2H3. The van der Waals surface area contributed by atoms with Gasteiger partial charge >= 0.3 is 0 Å². The zero-order valence-corrected chi connectivity index (χ0v) is 11.3. The predicted octanol–water partition coefficient (Wildman–Crippen LogP) is 3.20. The van der Waals surface area contributed by atoms with Crippen LogP contribution in [0.25, 0.3) is 0 Å². The predicted molar refractivity (Wildman–Crippen MR) is 71.6 cm³/mol. The summed E-state index contributed by atoms with van der Waals surface area (Å²) in [5, 5.41) is 3.40. The fourth-order valence-electron chi connectivity index (χ4n) is 1.59. The number of hydrogen-bond donors (Lipinski definition) is 1. The Morgan fingerprint density at radius 2 is 2.18 bits per heavy atom. The molecule has 0 aliphatic rings. The Morgan fingerprint density at radius 3 is 2.71 bits per heavy atom. The van der Waals surface area contributed by atoms with Gasteiger partial charge in [0.25, 0.3) is 0 Å². The molecule has 0 amide bonds. The van der Waals surface area contributed by atoms with Crippen LogP contribution in [0.1, 0.15) is 29.2 Å². The molecular weight excluding hydrogens is 254 g/mol. The number of aryl methyl sites for hydroxylation is 1. The van der Waals surface area contributed by atoms with Gasteiger partial charge in [0.15, 0.2) is 0 Å². The SMILES string of the molecule is CCNC(c1cnc(C)cn1)c1ccc(Cl)s1. The fourth-order valence-corrected chi connectivity index (χ4v) is 2.74. The van der Waals surface area contributed by atoms with Crippen LogP contribution in [-0.4, -0.2) is 16.5 Å². The average molecular weight is 268 g/mol. The third-order valence-corrected chi connectivity index (χ3v) is 3.68. The molecule has 0 fully saturated rings. The summed E-state index contributed by atoms with van der Waals surface area (Å²) >= 11 is 7.54. The van der Waals surface area contributed by atoms with E-state index in [4.69, 9.17) is 11.6 Å². The zero-order chi connectivity index (χ0) is 12.3. The first-order chi connectivity index (χ1) is 8.20. The lowest BCUT2D eigenvalue weighted by Crippen LogP contribution is -2.22. The Kier molecular flexibility index (Phi) is 4.10. The van der Waals surface area contributed by atoms with Crippen LogP contribution in [0, 0.1) is 6.92 Å². The monoisotopic (exact) mass is 267 g/mol. The van der Waals surface area contributed by atoms with Gasteiger partial charge in [-0.1, -0.05) is 18.5 Å². The summed E-state index contributed by atoms with van der Waals surface area (Å²) < 4.78 is 0.794. The highest BCUT2D eigenvalue weighted by Crippen LogP contribution is 2.29. The van der Waals surface area contributed by atoms with E-state index >= 15 is 0 Å². The first-order valence-corrected chi connectivity index (χ1v) is 6.67. The fraction of sp³-hybridized carbons (Fsp3) is 0.333. The van der Waals surface area contributed by atoms with Gasteiger partial charge in [-0.05, 0) is 25.6 Å². The van der Waals surface area contributed by atoms with Crippen molar-refractivity contribution in [3.63, 3.8) is 0 Å². The second-order valence-corrected chi connectivity index (χ2v) is 5.46. The summed E-state index contributed by atoms with van der Waals surface area (Å²) in [6.07, 6.45) is 3.60. The highest BCUT2D eigenvalue weighted by atomic mass is 35.5. The third kappa shape index (κ3) is 3.03. The minimum absolute atomic E-state index is 0.0746. The maximum Gasteiger partial charge on any atom is 0.0931 e. The molecule has 1 unspecified atom stereocenters. The molecule has 2 heterocycles. The van der Waals surface area contributed by atoms with E-state index in [1.807, 2.05) is 25.3 Å². The maximum absolute atomic E-state index is 5.97. The van der Waals surface area contributed by atoms with Crippen LogP contribution < -0.4 is 5.32 Å². The summed E-state index contributed by atoms with van der Waals surface area (Å²) in [7, 11) is 0. The summed E-state index contributed by atoms with van der Waals surface area (Å²) in [5.74, 6) is 0. The van der Waals surface area contributed by atoms with Crippen molar-refractivity contribution >= 4 is 22.9 Å². The van der Waals surface area contributed by atoms with E-state index in [1.165, 1.54) is 0 Å². The van der Waals surface area contributed by atoms with Gasteiger partial charge in [-0.2, -0.15) is 0 Å². The van der Waals surface area contributed by atoms with Crippen LogP contribution in [0.4, 0.5) is 0 Å². The molecule has 0 radical (unpaired) electrons. The van der Waals surface area contributed by atoms with E-state index in [0.717, 1.165) is 27.1 Å². The quantitative estimate of drug-likeness (QED) is 0.924. The van der Waals surface area contributed by atoms with Crippen LogP contribution >= 0.6 is 22.9 Å². The minimum Gasteiger partial charge on any atom is -0.305 e. The molecule has 1 N–H and O–H groups in total. The van der Waals surface area contributed by atoms with E-state index in [2.05, 4.69) is 22.2 Å². The molecule has 0 saturated carbocycles. The maximum atomic E-state index is 5.97. The molecule has 5 heteroatoms. The molecule has 0 aliphatic heterocycles. The first kappa shape index (κ1) is 12.5. The number of aromatic nitrogens is 2. The van der Waals surface area contributed by atoms with E-state index < -0.39 is 0 Å². The molecule has 1 atom stereocenters. The smallest absolute Gasteiger partial charge is 0.0931 e. The molecule has 90 valence electrons. The van der Waals surface area contributed by atoms with Gasteiger partial charge in [0.1, 0.15) is 0 Å². The van der Waals surface area contributed by atoms with Crippen molar-refractivity contribution in [2.24, 2.45) is 0 Å². The summed E-state index contributed by atoms with van der Waals surface area (Å²) in [6, 6.07) is 4.01. The number of nitrogens with zero attached hydrogens (tertiary/aromatic N) is 2. The molecule has 2 aromatic rings. The van der Waals surface area contributed by atoms with Crippen LogP contribution in [0.5, 0.6) is 0 Å². The number of halogens is 1. The van der Waals surface area contributed by atoms with Gasteiger partial charge in [0, 0.05) is 11.1 Å². The van der Waals surface area contributed by atoms with Gasteiger partial charge in [0.05, 0.1) is 28.0 Å². The zero-order valence-electron chi connectivity index (χ0n) is 9.77. The lowest BCUT2D eigenvalue weighted by Gasteiger charge is -2.15. The average Bonchev–Trinajstić information content (AvgIpc) is 2.74. The second-order valence-electron chi connectivity index (χ2n) is 3.72. The third-order valence-electron chi connectivity index (χ3n) is 2.38. The highest BCUT2D eigenvalue weighted by molar-refractivity contribution is 7.16. The van der Waals surface area contributed by atoms with E-state index in [1.54, 1.807) is 17.5 Å². The topological polar surface area (TPSA) is 37.8 Å². The Balaban J connectivity index is 2.31. The molecular formula is C12H14ClN3S. The molecule has 0 bridgehead atoms. The molecule has 2 aromatic heterocycles. The number of rotatable bonds is 4. The number of thiophene rings is 1. The second kappa shape index (κ2) is 5.58. The number of hydrogen-bond acceptors (Lipinski definition) is 4. The highest BCUT2D eigenvalue weighted by Gasteiger charge is 2.16. The van der Waals surface area contributed by atoms with Crippen molar-refractivity contribution in [1.29, 1.82) is 0 Å². The van der Waals surface area contributed by atoms with Crippen LogP contribution in [-0.2, 0) is 0 Å². The van der Waals surface area contributed by atoms with Crippen molar-refractivity contribution < 1.29 is 0 Å². The normalized spacial score (nSPS) is 12.6. The molecule has 0 saturated heterocycles. The van der Waals surface area contributed by atoms with Gasteiger partial charge in [-0.15, -0.1) is 11.3 Å². The van der Waals surface area contributed by atoms with Crippen molar-refractivity contribution in [2.45, 2.75) is 19.9 Å². The van der Waals surface area contributed by atoms with Crippen LogP contribution in [0.15, 0.2) is 24.5 Å². The lowest BCUT2D eigenvalue weighted by atomic mass is 10.2. The van der Waals surface area contributed by atoms with E-state index in [-0.39, 0.29) is 6.04 Å². The van der Waals surface area contributed by atoms with Gasteiger partial charge in [-0.25, -0.2) is 0 Å². The van der Waals surface area contributed by atoms with E-state index in [9.17, 15) is 0 Å².